The summed E-state index contributed by atoms with van der Waals surface area (Å²) in [5.41, 5.74) is 2.77. The lowest BCUT2D eigenvalue weighted by Gasteiger charge is -2.11. The highest BCUT2D eigenvalue weighted by molar-refractivity contribution is 5.90. The molecule has 0 atom stereocenters. The van der Waals surface area contributed by atoms with Crippen LogP contribution in [0.3, 0.4) is 0 Å². The number of nitrogens with zero attached hydrogens (tertiary/aromatic N) is 3. The number of benzene rings is 1. The van der Waals surface area contributed by atoms with Crippen molar-refractivity contribution < 1.29 is 4.79 Å². The summed E-state index contributed by atoms with van der Waals surface area (Å²) in [6, 6.07) is 13.3. The van der Waals surface area contributed by atoms with Crippen molar-refractivity contribution in [2.75, 3.05) is 16.0 Å². The minimum Gasteiger partial charge on any atom is -0.340 e. The molecule has 3 aromatic rings. The molecule has 1 amide bonds. The number of amides is 1. The fourth-order valence-corrected chi connectivity index (χ4v) is 2.78. The van der Waals surface area contributed by atoms with Crippen LogP contribution in [-0.2, 0) is 4.79 Å². The van der Waals surface area contributed by atoms with E-state index in [0.717, 1.165) is 35.6 Å². The SMILES string of the molecule is CCCCC(=O)Nc1ccc(Nc2cc(Nc3cc(C)ccn3)nc(C)n2)cc1. The van der Waals surface area contributed by atoms with Gasteiger partial charge in [0.1, 0.15) is 23.3 Å². The summed E-state index contributed by atoms with van der Waals surface area (Å²) in [6.45, 7) is 5.93. The van der Waals surface area contributed by atoms with Gasteiger partial charge in [0.15, 0.2) is 0 Å². The summed E-state index contributed by atoms with van der Waals surface area (Å²) >= 11 is 0. The molecule has 0 aliphatic rings. The lowest BCUT2D eigenvalue weighted by molar-refractivity contribution is -0.116. The fraction of sp³-hybridized carbons (Fsp3) is 0.273. The molecule has 0 aliphatic heterocycles. The number of pyridine rings is 1. The first kappa shape index (κ1) is 20.3. The third kappa shape index (κ3) is 6.27. The van der Waals surface area contributed by atoms with Crippen molar-refractivity contribution in [2.45, 2.75) is 40.0 Å². The minimum absolute atomic E-state index is 0.0412. The van der Waals surface area contributed by atoms with E-state index < -0.39 is 0 Å². The van der Waals surface area contributed by atoms with Gasteiger partial charge in [0.05, 0.1) is 0 Å². The van der Waals surface area contributed by atoms with Crippen molar-refractivity contribution in [1.82, 2.24) is 15.0 Å². The third-order valence-electron chi connectivity index (χ3n) is 4.21. The molecule has 29 heavy (non-hydrogen) atoms. The predicted octanol–water partition coefficient (Wildman–Crippen LogP) is 5.10. The summed E-state index contributed by atoms with van der Waals surface area (Å²) in [4.78, 5) is 25.0. The van der Waals surface area contributed by atoms with Gasteiger partial charge in [-0.1, -0.05) is 13.3 Å². The van der Waals surface area contributed by atoms with E-state index in [1.165, 1.54) is 0 Å². The molecule has 3 rings (SSSR count). The van der Waals surface area contributed by atoms with Crippen molar-refractivity contribution in [3.8, 4) is 0 Å². The van der Waals surface area contributed by atoms with Crippen LogP contribution in [0, 0.1) is 13.8 Å². The molecule has 0 aliphatic carbocycles. The minimum atomic E-state index is 0.0412. The van der Waals surface area contributed by atoms with E-state index in [-0.39, 0.29) is 5.91 Å². The number of hydrogen-bond donors (Lipinski definition) is 3. The number of aryl methyl sites for hydroxylation is 2. The van der Waals surface area contributed by atoms with Gasteiger partial charge in [-0.25, -0.2) is 15.0 Å². The molecule has 7 nitrogen and oxygen atoms in total. The number of rotatable bonds is 8. The van der Waals surface area contributed by atoms with E-state index in [1.807, 2.05) is 56.3 Å². The second-order valence-electron chi connectivity index (χ2n) is 6.88. The first-order valence-electron chi connectivity index (χ1n) is 9.74. The Hall–Kier alpha value is -3.48. The van der Waals surface area contributed by atoms with Crippen molar-refractivity contribution in [3.63, 3.8) is 0 Å². The highest BCUT2D eigenvalue weighted by Gasteiger charge is 2.05. The Balaban J connectivity index is 1.66. The Kier molecular flexibility index (Phi) is 6.73. The Bertz CT molecular complexity index is 971. The molecular weight excluding hydrogens is 364 g/mol. The topological polar surface area (TPSA) is 91.8 Å². The Morgan fingerprint density at radius 2 is 1.59 bits per heavy atom. The second kappa shape index (κ2) is 9.64. The van der Waals surface area contributed by atoms with Crippen LogP contribution >= 0.6 is 0 Å². The molecule has 0 saturated carbocycles. The van der Waals surface area contributed by atoms with Gasteiger partial charge in [0, 0.05) is 30.1 Å². The maximum Gasteiger partial charge on any atom is 0.224 e. The predicted molar refractivity (Wildman–Crippen MR) is 117 cm³/mol. The van der Waals surface area contributed by atoms with Gasteiger partial charge in [-0.2, -0.15) is 0 Å². The molecule has 0 fully saturated rings. The fourth-order valence-electron chi connectivity index (χ4n) is 2.78. The summed E-state index contributed by atoms with van der Waals surface area (Å²) in [6.07, 6.45) is 4.20. The smallest absolute Gasteiger partial charge is 0.224 e. The molecule has 7 heteroatoms. The molecule has 150 valence electrons. The third-order valence-corrected chi connectivity index (χ3v) is 4.21. The van der Waals surface area contributed by atoms with Crippen LogP contribution in [-0.4, -0.2) is 20.9 Å². The number of carbonyl (C=O) groups is 1. The molecule has 0 unspecified atom stereocenters. The van der Waals surface area contributed by atoms with Crippen molar-refractivity contribution in [3.05, 3.63) is 60.0 Å². The van der Waals surface area contributed by atoms with E-state index in [4.69, 9.17) is 0 Å². The second-order valence-corrected chi connectivity index (χ2v) is 6.88. The molecule has 0 bridgehead atoms. The van der Waals surface area contributed by atoms with Gasteiger partial charge in [-0.05, 0) is 62.2 Å². The molecule has 1 aromatic carbocycles. The monoisotopic (exact) mass is 390 g/mol. The lowest BCUT2D eigenvalue weighted by atomic mass is 10.2. The van der Waals surface area contributed by atoms with Crippen LogP contribution in [0.15, 0.2) is 48.7 Å². The van der Waals surface area contributed by atoms with Gasteiger partial charge >= 0.3 is 0 Å². The largest absolute Gasteiger partial charge is 0.340 e. The maximum atomic E-state index is 11.8. The maximum absolute atomic E-state index is 11.8. The van der Waals surface area contributed by atoms with Crippen LogP contribution in [0.5, 0.6) is 0 Å². The molecule has 0 radical (unpaired) electrons. The average molecular weight is 390 g/mol. The number of anilines is 5. The molecule has 0 spiro atoms. The van der Waals surface area contributed by atoms with E-state index in [9.17, 15) is 4.79 Å². The van der Waals surface area contributed by atoms with E-state index in [0.29, 0.717) is 23.9 Å². The first-order chi connectivity index (χ1) is 14.0. The van der Waals surface area contributed by atoms with Crippen LogP contribution in [0.4, 0.5) is 28.8 Å². The van der Waals surface area contributed by atoms with Gasteiger partial charge in [0.2, 0.25) is 5.91 Å². The number of hydrogen-bond acceptors (Lipinski definition) is 6. The van der Waals surface area contributed by atoms with E-state index in [2.05, 4.69) is 37.8 Å². The van der Waals surface area contributed by atoms with Crippen molar-refractivity contribution >= 4 is 34.7 Å². The molecule has 0 saturated heterocycles. The van der Waals surface area contributed by atoms with Crippen LogP contribution in [0.2, 0.25) is 0 Å². The quantitative estimate of drug-likeness (QED) is 0.495. The van der Waals surface area contributed by atoms with E-state index in [1.54, 1.807) is 6.20 Å². The normalized spacial score (nSPS) is 10.4. The molecular formula is C22H26N6O. The van der Waals surface area contributed by atoms with Crippen LogP contribution in [0.25, 0.3) is 0 Å². The lowest BCUT2D eigenvalue weighted by Crippen LogP contribution is -2.10. The van der Waals surface area contributed by atoms with Crippen LogP contribution < -0.4 is 16.0 Å². The number of nitrogens with one attached hydrogen (secondary N) is 3. The Morgan fingerprint density at radius 3 is 2.28 bits per heavy atom. The van der Waals surface area contributed by atoms with Gasteiger partial charge in [-0.3, -0.25) is 4.79 Å². The molecule has 3 N–H and O–H groups in total. The van der Waals surface area contributed by atoms with Gasteiger partial charge < -0.3 is 16.0 Å². The highest BCUT2D eigenvalue weighted by atomic mass is 16.1. The average Bonchev–Trinajstić information content (AvgIpc) is 2.67. The molecule has 2 heterocycles. The summed E-state index contributed by atoms with van der Waals surface area (Å²) in [5, 5.41) is 9.39. The Labute approximate surface area is 171 Å². The number of carbonyl (C=O) groups excluding carboxylic acids is 1. The van der Waals surface area contributed by atoms with Crippen molar-refractivity contribution in [2.24, 2.45) is 0 Å². The molecule has 2 aromatic heterocycles. The highest BCUT2D eigenvalue weighted by Crippen LogP contribution is 2.21. The zero-order valence-electron chi connectivity index (χ0n) is 17.0. The van der Waals surface area contributed by atoms with Gasteiger partial charge in [0.25, 0.3) is 0 Å². The van der Waals surface area contributed by atoms with Gasteiger partial charge in [-0.15, -0.1) is 0 Å². The van der Waals surface area contributed by atoms with Crippen LogP contribution in [0.1, 0.15) is 37.6 Å². The summed E-state index contributed by atoms with van der Waals surface area (Å²) < 4.78 is 0. The number of aromatic nitrogens is 3. The standard InChI is InChI=1S/C22H26N6O/c1-4-5-6-22(29)27-18-9-7-17(8-10-18)26-20-14-21(25-16(3)24-20)28-19-13-15(2)11-12-23-19/h7-14H,4-6H2,1-3H3,(H,27,29)(H2,23,24,25,26,28). The summed E-state index contributed by atoms with van der Waals surface area (Å²) in [7, 11) is 0. The number of unbranched alkanes of at least 4 members (excludes halogenated alkanes) is 1. The zero-order chi connectivity index (χ0) is 20.6. The zero-order valence-corrected chi connectivity index (χ0v) is 17.0. The Morgan fingerprint density at radius 1 is 0.897 bits per heavy atom. The first-order valence-corrected chi connectivity index (χ1v) is 9.74. The van der Waals surface area contributed by atoms with E-state index >= 15 is 0 Å². The van der Waals surface area contributed by atoms with Crippen molar-refractivity contribution in [1.29, 1.82) is 0 Å². The summed E-state index contributed by atoms with van der Waals surface area (Å²) in [5.74, 6) is 2.76.